The van der Waals surface area contributed by atoms with Crippen molar-refractivity contribution in [3.63, 3.8) is 0 Å². The highest BCUT2D eigenvalue weighted by atomic mass is 16.2. The molecule has 2 rings (SSSR count). The van der Waals surface area contributed by atoms with Gasteiger partial charge < -0.3 is 15.2 Å². The van der Waals surface area contributed by atoms with Crippen LogP contribution in [0.1, 0.15) is 31.3 Å². The van der Waals surface area contributed by atoms with Crippen LogP contribution in [0.5, 0.6) is 0 Å². The van der Waals surface area contributed by atoms with Gasteiger partial charge in [0, 0.05) is 26.0 Å². The van der Waals surface area contributed by atoms with Crippen LogP contribution in [-0.2, 0) is 7.05 Å². The number of urea groups is 1. The fourth-order valence-electron chi connectivity index (χ4n) is 2.08. The highest BCUT2D eigenvalue weighted by molar-refractivity contribution is 5.74. The highest BCUT2D eigenvalue weighted by Crippen LogP contribution is 2.19. The first-order valence-corrected chi connectivity index (χ1v) is 7.14. The van der Waals surface area contributed by atoms with Crippen molar-refractivity contribution in [2.24, 2.45) is 13.0 Å². The second-order valence-electron chi connectivity index (χ2n) is 5.49. The number of carbonyl (C=O) groups is 1. The van der Waals surface area contributed by atoms with Gasteiger partial charge in [-0.2, -0.15) is 0 Å². The van der Waals surface area contributed by atoms with Crippen LogP contribution in [0.4, 0.5) is 4.79 Å². The molecule has 0 saturated heterocycles. The largest absolute Gasteiger partial charge is 0.338 e. The van der Waals surface area contributed by atoms with Gasteiger partial charge in [0.2, 0.25) is 0 Å². The molecule has 5 nitrogen and oxygen atoms in total. The van der Waals surface area contributed by atoms with Crippen molar-refractivity contribution < 1.29 is 4.79 Å². The van der Waals surface area contributed by atoms with Gasteiger partial charge in [-0.15, -0.1) is 0 Å². The molecule has 0 radical (unpaired) electrons. The number of hydrogen-bond acceptors (Lipinski definition) is 2. The molecule has 1 aromatic heterocycles. The Morgan fingerprint density at radius 3 is 2.57 bits per heavy atom. The highest BCUT2D eigenvalue weighted by Gasteiger charge is 2.20. The van der Waals surface area contributed by atoms with Gasteiger partial charge >= 0.3 is 6.03 Å². The number of rotatable bonds is 5. The van der Waals surface area contributed by atoms with Gasteiger partial charge in [0.25, 0.3) is 0 Å². The first-order chi connectivity index (χ1) is 10.1. The van der Waals surface area contributed by atoms with Gasteiger partial charge in [0.1, 0.15) is 11.9 Å². The summed E-state index contributed by atoms with van der Waals surface area (Å²) in [6.45, 7) is 4.77. The molecule has 0 aliphatic heterocycles. The molecule has 1 atom stereocenters. The number of imidazole rings is 1. The maximum absolute atomic E-state index is 12.1. The minimum Gasteiger partial charge on any atom is -0.338 e. The lowest BCUT2D eigenvalue weighted by Crippen LogP contribution is -2.40. The van der Waals surface area contributed by atoms with E-state index >= 15 is 0 Å². The molecular weight excluding hydrogens is 264 g/mol. The molecule has 5 heteroatoms. The zero-order chi connectivity index (χ0) is 15.2. The van der Waals surface area contributed by atoms with E-state index in [0.717, 1.165) is 11.4 Å². The monoisotopic (exact) mass is 286 g/mol. The maximum atomic E-state index is 12.1. The lowest BCUT2D eigenvalue weighted by Gasteiger charge is -2.20. The maximum Gasteiger partial charge on any atom is 0.315 e. The Morgan fingerprint density at radius 1 is 1.29 bits per heavy atom. The van der Waals surface area contributed by atoms with Gasteiger partial charge in [-0.1, -0.05) is 44.2 Å². The minimum absolute atomic E-state index is 0.180. The number of nitrogens with zero attached hydrogens (tertiary/aromatic N) is 2. The van der Waals surface area contributed by atoms with Crippen molar-refractivity contribution in [1.29, 1.82) is 0 Å². The van der Waals surface area contributed by atoms with E-state index in [-0.39, 0.29) is 12.1 Å². The average Bonchev–Trinajstić information content (AvgIpc) is 2.89. The fraction of sp³-hybridized carbons (Fsp3) is 0.375. The Kier molecular flexibility index (Phi) is 4.98. The van der Waals surface area contributed by atoms with Crippen LogP contribution in [0.15, 0.2) is 42.7 Å². The summed E-state index contributed by atoms with van der Waals surface area (Å²) < 4.78 is 1.92. The number of aromatic nitrogens is 2. The number of benzene rings is 1. The van der Waals surface area contributed by atoms with Crippen LogP contribution in [0, 0.1) is 5.92 Å². The van der Waals surface area contributed by atoms with Crippen LogP contribution in [0.25, 0.3) is 0 Å². The molecule has 0 saturated carbocycles. The molecule has 0 bridgehead atoms. The van der Waals surface area contributed by atoms with E-state index < -0.39 is 0 Å². The summed E-state index contributed by atoms with van der Waals surface area (Å²) in [4.78, 5) is 16.4. The number of aryl methyl sites for hydroxylation is 1. The van der Waals surface area contributed by atoms with Gasteiger partial charge in [0.15, 0.2) is 0 Å². The zero-order valence-electron chi connectivity index (χ0n) is 12.7. The Hall–Kier alpha value is -2.30. The third kappa shape index (κ3) is 4.08. The van der Waals surface area contributed by atoms with Crippen LogP contribution in [-0.4, -0.2) is 22.1 Å². The van der Waals surface area contributed by atoms with Gasteiger partial charge in [0.05, 0.1) is 0 Å². The molecule has 0 spiro atoms. The summed E-state index contributed by atoms with van der Waals surface area (Å²) in [5.74, 6) is 1.22. The van der Waals surface area contributed by atoms with Crippen LogP contribution in [0.2, 0.25) is 0 Å². The van der Waals surface area contributed by atoms with Crippen LogP contribution in [0.3, 0.4) is 0 Å². The molecule has 2 N–H and O–H groups in total. The van der Waals surface area contributed by atoms with E-state index in [1.807, 2.05) is 48.1 Å². The molecule has 1 aromatic carbocycles. The van der Waals surface area contributed by atoms with E-state index in [1.165, 1.54) is 0 Å². The number of nitrogens with one attached hydrogen (secondary N) is 2. The smallest absolute Gasteiger partial charge is 0.315 e. The normalized spacial score (nSPS) is 12.2. The van der Waals surface area contributed by atoms with Crippen LogP contribution >= 0.6 is 0 Å². The van der Waals surface area contributed by atoms with Gasteiger partial charge in [-0.05, 0) is 11.5 Å². The summed E-state index contributed by atoms with van der Waals surface area (Å²) in [6, 6.07) is 9.40. The topological polar surface area (TPSA) is 59.0 Å². The zero-order valence-corrected chi connectivity index (χ0v) is 12.7. The fourth-order valence-corrected chi connectivity index (χ4v) is 2.08. The second kappa shape index (κ2) is 6.92. The van der Waals surface area contributed by atoms with E-state index in [2.05, 4.69) is 29.5 Å². The number of carbonyl (C=O) groups excluding carboxylic acids is 1. The van der Waals surface area contributed by atoms with Crippen molar-refractivity contribution in [1.82, 2.24) is 20.2 Å². The first-order valence-electron chi connectivity index (χ1n) is 7.14. The predicted molar refractivity (Wildman–Crippen MR) is 82.9 cm³/mol. The number of amides is 2. The molecular formula is C16H22N4O. The Balaban J connectivity index is 2.18. The Morgan fingerprint density at radius 2 is 2.00 bits per heavy atom. The third-order valence-corrected chi connectivity index (χ3v) is 3.20. The van der Waals surface area contributed by atoms with Gasteiger partial charge in [-0.3, -0.25) is 0 Å². The summed E-state index contributed by atoms with van der Waals surface area (Å²) in [5.41, 5.74) is 1.01. The standard InChI is InChI=1S/C16H22N4O/c1-12(2)11-18-16(21)19-14(13-7-5-4-6-8-13)15-17-9-10-20(15)3/h4-10,12,14H,11H2,1-3H3,(H2,18,19,21)/t14-/m1/s1. The second-order valence-corrected chi connectivity index (χ2v) is 5.49. The van der Waals surface area contributed by atoms with E-state index in [9.17, 15) is 4.79 Å². The minimum atomic E-state index is -0.265. The molecule has 0 fully saturated rings. The molecule has 2 amide bonds. The average molecular weight is 286 g/mol. The lowest BCUT2D eigenvalue weighted by atomic mass is 10.1. The third-order valence-electron chi connectivity index (χ3n) is 3.20. The van der Waals surface area contributed by atoms with Crippen molar-refractivity contribution >= 4 is 6.03 Å². The van der Waals surface area contributed by atoms with Gasteiger partial charge in [-0.25, -0.2) is 9.78 Å². The lowest BCUT2D eigenvalue weighted by molar-refractivity contribution is 0.237. The van der Waals surface area contributed by atoms with Crippen molar-refractivity contribution in [3.8, 4) is 0 Å². The first kappa shape index (κ1) is 15.1. The van der Waals surface area contributed by atoms with E-state index in [1.54, 1.807) is 6.20 Å². The Labute approximate surface area is 125 Å². The Bertz CT molecular complexity index is 577. The summed E-state index contributed by atoms with van der Waals surface area (Å²) >= 11 is 0. The van der Waals surface area contributed by atoms with Crippen molar-refractivity contribution in [3.05, 3.63) is 54.1 Å². The molecule has 0 unspecified atom stereocenters. The summed E-state index contributed by atoms with van der Waals surface area (Å²) in [5, 5.41) is 5.88. The molecule has 0 aliphatic rings. The predicted octanol–water partition coefficient (Wildman–Crippen LogP) is 2.46. The quantitative estimate of drug-likeness (QED) is 0.887. The molecule has 2 aromatic rings. The summed E-state index contributed by atoms with van der Waals surface area (Å²) in [6.07, 6.45) is 3.61. The van der Waals surface area contributed by atoms with Crippen LogP contribution < -0.4 is 10.6 Å². The molecule has 0 aliphatic carbocycles. The number of hydrogen-bond donors (Lipinski definition) is 2. The molecule has 112 valence electrons. The molecule has 21 heavy (non-hydrogen) atoms. The van der Waals surface area contributed by atoms with Crippen molar-refractivity contribution in [2.75, 3.05) is 6.54 Å². The van der Waals surface area contributed by atoms with E-state index in [0.29, 0.717) is 12.5 Å². The summed E-state index contributed by atoms with van der Waals surface area (Å²) in [7, 11) is 1.92. The molecule has 1 heterocycles. The van der Waals surface area contributed by atoms with E-state index in [4.69, 9.17) is 0 Å². The van der Waals surface area contributed by atoms with Crippen molar-refractivity contribution in [2.45, 2.75) is 19.9 Å². The SMILES string of the molecule is CC(C)CNC(=O)N[C@H](c1ccccc1)c1nccn1C.